The first-order valence-corrected chi connectivity index (χ1v) is 13.2. The van der Waals surface area contributed by atoms with Crippen molar-refractivity contribution >= 4 is 17.4 Å². The van der Waals surface area contributed by atoms with E-state index >= 15 is 0 Å². The van der Waals surface area contributed by atoms with Gasteiger partial charge in [0.05, 0.1) is 18.3 Å². The second kappa shape index (κ2) is 9.34. The Kier molecular flexibility index (Phi) is 5.90. The lowest BCUT2D eigenvalue weighted by Gasteiger charge is -2.31. The summed E-state index contributed by atoms with van der Waals surface area (Å²) in [4.78, 5) is 17.1. The standard InChI is InChI=1S/C29H28FN3OS/c30-22-11-6-10-21(18-22)27-25-13-7-17-32(25)28-24(23-12-4-5-14-26(23)35-28)19-33(27)29(34)31-16-15-20-8-2-1-3-9-20/h1-3,6-11,13,17-18,27H,4-5,12,14-16,19H2,(H,31,34). The van der Waals surface area contributed by atoms with Crippen molar-refractivity contribution in [1.82, 2.24) is 14.8 Å². The summed E-state index contributed by atoms with van der Waals surface area (Å²) in [5, 5.41) is 4.36. The molecular formula is C29H28FN3OS. The number of aromatic nitrogens is 1. The Morgan fingerprint density at radius 3 is 2.71 bits per heavy atom. The van der Waals surface area contributed by atoms with Gasteiger partial charge in [0.1, 0.15) is 10.8 Å². The first-order valence-electron chi connectivity index (χ1n) is 12.3. The number of aryl methyl sites for hydroxylation is 1. The van der Waals surface area contributed by atoms with Gasteiger partial charge in [-0.25, -0.2) is 9.18 Å². The molecular weight excluding hydrogens is 457 g/mol. The van der Waals surface area contributed by atoms with Gasteiger partial charge in [-0.2, -0.15) is 0 Å². The van der Waals surface area contributed by atoms with Gasteiger partial charge in [-0.05, 0) is 73.1 Å². The van der Waals surface area contributed by atoms with Crippen LogP contribution in [-0.2, 0) is 25.8 Å². The van der Waals surface area contributed by atoms with E-state index in [0.717, 1.165) is 30.5 Å². The number of urea groups is 1. The summed E-state index contributed by atoms with van der Waals surface area (Å²) in [7, 11) is 0. The molecule has 0 radical (unpaired) electrons. The summed E-state index contributed by atoms with van der Waals surface area (Å²) < 4.78 is 16.6. The minimum Gasteiger partial charge on any atom is -0.338 e. The molecule has 0 spiro atoms. The van der Waals surface area contributed by atoms with Crippen molar-refractivity contribution in [3.8, 4) is 5.00 Å². The molecule has 6 heteroatoms. The average molecular weight is 486 g/mol. The molecule has 35 heavy (non-hydrogen) atoms. The lowest BCUT2D eigenvalue weighted by molar-refractivity contribution is 0.180. The molecule has 1 atom stereocenters. The molecule has 2 amide bonds. The third-order valence-corrected chi connectivity index (χ3v) is 8.47. The van der Waals surface area contributed by atoms with Gasteiger partial charge in [0.15, 0.2) is 0 Å². The Morgan fingerprint density at radius 2 is 1.86 bits per heavy atom. The van der Waals surface area contributed by atoms with Gasteiger partial charge >= 0.3 is 6.03 Å². The molecule has 2 aromatic carbocycles. The van der Waals surface area contributed by atoms with Crippen molar-refractivity contribution < 1.29 is 9.18 Å². The van der Waals surface area contributed by atoms with Crippen LogP contribution in [0.3, 0.4) is 0 Å². The molecule has 1 aliphatic carbocycles. The van der Waals surface area contributed by atoms with E-state index in [1.54, 1.807) is 12.1 Å². The fraction of sp³-hybridized carbons (Fsp3) is 0.276. The normalized spacial score (nSPS) is 16.7. The highest BCUT2D eigenvalue weighted by Crippen LogP contribution is 2.44. The third-order valence-electron chi connectivity index (χ3n) is 7.14. The van der Waals surface area contributed by atoms with E-state index in [9.17, 15) is 9.18 Å². The molecule has 0 fully saturated rings. The summed E-state index contributed by atoms with van der Waals surface area (Å²) in [6.45, 7) is 1.06. The van der Waals surface area contributed by atoms with Gasteiger partial charge in [-0.1, -0.05) is 42.5 Å². The van der Waals surface area contributed by atoms with Crippen LogP contribution in [0.15, 0.2) is 72.9 Å². The van der Waals surface area contributed by atoms with Gasteiger partial charge in [0, 0.05) is 23.2 Å². The number of carbonyl (C=O) groups excluding carboxylic acids is 1. The van der Waals surface area contributed by atoms with Crippen LogP contribution in [0.4, 0.5) is 9.18 Å². The Hall–Kier alpha value is -3.38. The van der Waals surface area contributed by atoms with Crippen LogP contribution in [0.5, 0.6) is 0 Å². The van der Waals surface area contributed by atoms with E-state index in [1.807, 2.05) is 46.6 Å². The quantitative estimate of drug-likeness (QED) is 0.356. The Balaban J connectivity index is 1.39. The molecule has 0 bridgehead atoms. The van der Waals surface area contributed by atoms with Crippen LogP contribution < -0.4 is 5.32 Å². The largest absolute Gasteiger partial charge is 0.338 e. The molecule has 6 rings (SSSR count). The van der Waals surface area contributed by atoms with Crippen molar-refractivity contribution in [2.45, 2.75) is 44.7 Å². The molecule has 2 aromatic heterocycles. The molecule has 178 valence electrons. The van der Waals surface area contributed by atoms with Gasteiger partial charge in [0.2, 0.25) is 0 Å². The molecule has 3 heterocycles. The first-order chi connectivity index (χ1) is 17.2. The minimum atomic E-state index is -0.378. The number of nitrogens with one attached hydrogen (secondary N) is 1. The molecule has 0 saturated carbocycles. The highest BCUT2D eigenvalue weighted by molar-refractivity contribution is 7.15. The van der Waals surface area contributed by atoms with Crippen molar-refractivity contribution in [3.05, 3.63) is 112 Å². The maximum Gasteiger partial charge on any atom is 0.318 e. The Morgan fingerprint density at radius 1 is 1.00 bits per heavy atom. The highest BCUT2D eigenvalue weighted by atomic mass is 32.1. The molecule has 1 unspecified atom stereocenters. The van der Waals surface area contributed by atoms with Crippen LogP contribution in [0, 0.1) is 5.82 Å². The van der Waals surface area contributed by atoms with Crippen molar-refractivity contribution in [2.24, 2.45) is 0 Å². The van der Waals surface area contributed by atoms with Crippen LogP contribution >= 0.6 is 11.3 Å². The van der Waals surface area contributed by atoms with E-state index in [2.05, 4.69) is 34.3 Å². The molecule has 1 aliphatic heterocycles. The van der Waals surface area contributed by atoms with E-state index in [4.69, 9.17) is 0 Å². The fourth-order valence-electron chi connectivity index (χ4n) is 5.47. The van der Waals surface area contributed by atoms with Crippen molar-refractivity contribution in [1.29, 1.82) is 0 Å². The summed E-state index contributed by atoms with van der Waals surface area (Å²) in [5.74, 6) is -0.290. The van der Waals surface area contributed by atoms with Crippen molar-refractivity contribution in [3.63, 3.8) is 0 Å². The fourth-order valence-corrected chi connectivity index (χ4v) is 6.88. The van der Waals surface area contributed by atoms with Crippen molar-refractivity contribution in [2.75, 3.05) is 6.54 Å². The highest BCUT2D eigenvalue weighted by Gasteiger charge is 2.36. The zero-order valence-electron chi connectivity index (χ0n) is 19.5. The zero-order chi connectivity index (χ0) is 23.8. The Bertz CT molecular complexity index is 1360. The lowest BCUT2D eigenvalue weighted by atomic mass is 9.95. The number of benzene rings is 2. The first kappa shape index (κ1) is 22.1. The lowest BCUT2D eigenvalue weighted by Crippen LogP contribution is -2.42. The summed E-state index contributed by atoms with van der Waals surface area (Å²) >= 11 is 1.86. The van der Waals surface area contributed by atoms with E-state index in [0.29, 0.717) is 13.1 Å². The van der Waals surface area contributed by atoms with E-state index < -0.39 is 0 Å². The maximum atomic E-state index is 14.3. The summed E-state index contributed by atoms with van der Waals surface area (Å²) in [6.07, 6.45) is 7.43. The number of hydrogen-bond donors (Lipinski definition) is 1. The van der Waals surface area contributed by atoms with Gasteiger partial charge < -0.3 is 14.8 Å². The minimum absolute atomic E-state index is 0.119. The maximum absolute atomic E-state index is 14.3. The number of amides is 2. The number of halogens is 1. The molecule has 1 N–H and O–H groups in total. The monoisotopic (exact) mass is 485 g/mol. The van der Waals surface area contributed by atoms with Gasteiger partial charge in [-0.15, -0.1) is 11.3 Å². The molecule has 0 saturated heterocycles. The smallest absolute Gasteiger partial charge is 0.318 e. The van der Waals surface area contributed by atoms with E-state index in [1.165, 1.54) is 45.5 Å². The number of rotatable bonds is 4. The molecule has 2 aliphatic rings. The second-order valence-corrected chi connectivity index (χ2v) is 10.4. The van der Waals surface area contributed by atoms with Crippen LogP contribution in [0.1, 0.15) is 51.7 Å². The van der Waals surface area contributed by atoms with Crippen LogP contribution in [0.2, 0.25) is 0 Å². The predicted molar refractivity (Wildman–Crippen MR) is 138 cm³/mol. The van der Waals surface area contributed by atoms with Crippen LogP contribution in [0.25, 0.3) is 5.00 Å². The number of hydrogen-bond acceptors (Lipinski definition) is 2. The predicted octanol–water partition coefficient (Wildman–Crippen LogP) is 6.41. The number of carbonyl (C=O) groups is 1. The Labute approximate surface area is 209 Å². The summed E-state index contributed by atoms with van der Waals surface area (Å²) in [5.41, 5.74) is 5.63. The zero-order valence-corrected chi connectivity index (χ0v) is 20.4. The third kappa shape index (κ3) is 4.16. The number of fused-ring (bicyclic) bond motifs is 5. The SMILES string of the molecule is O=C(NCCc1ccccc1)N1Cc2c(sc3c2CCCC3)-n2cccc2C1c1cccc(F)c1. The second-order valence-electron chi connectivity index (χ2n) is 9.35. The average Bonchev–Trinajstić information content (AvgIpc) is 3.46. The topological polar surface area (TPSA) is 37.3 Å². The van der Waals surface area contributed by atoms with E-state index in [-0.39, 0.29) is 17.9 Å². The summed E-state index contributed by atoms with van der Waals surface area (Å²) in [6, 6.07) is 20.4. The van der Waals surface area contributed by atoms with Gasteiger partial charge in [-0.3, -0.25) is 0 Å². The molecule has 4 nitrogen and oxygen atoms in total. The van der Waals surface area contributed by atoms with Crippen LogP contribution in [-0.4, -0.2) is 22.0 Å². The number of nitrogens with zero attached hydrogens (tertiary/aromatic N) is 2. The molecule has 4 aromatic rings. The number of thiophene rings is 1. The van der Waals surface area contributed by atoms with Gasteiger partial charge in [0.25, 0.3) is 0 Å².